The second-order valence-electron chi connectivity index (χ2n) is 3.74. The van der Waals surface area contributed by atoms with E-state index in [1.54, 1.807) is 6.20 Å². The number of nitrogens with zero attached hydrogens (tertiary/aromatic N) is 2. The number of aryl methyl sites for hydroxylation is 1. The number of nitrogens with two attached hydrogens (primary N) is 1. The number of rotatable bonds is 6. The van der Waals surface area contributed by atoms with Crippen molar-refractivity contribution in [2.75, 3.05) is 13.2 Å². The van der Waals surface area contributed by atoms with Crippen LogP contribution in [0.5, 0.6) is 6.01 Å². The molecule has 2 N–H and O–H groups in total. The van der Waals surface area contributed by atoms with Crippen LogP contribution < -0.4 is 10.5 Å². The Morgan fingerprint density at radius 1 is 1.38 bits per heavy atom. The van der Waals surface area contributed by atoms with E-state index in [0.29, 0.717) is 25.8 Å². The van der Waals surface area contributed by atoms with E-state index < -0.39 is 0 Å². The molecule has 5 heteroatoms. The molecule has 0 aliphatic carbocycles. The molecular formula is C11H19N3O2. The molecule has 0 aliphatic rings. The normalized spacial score (nSPS) is 10.8. The average Bonchev–Trinajstić information content (AvgIpc) is 2.24. The fraction of sp³-hybridized carbons (Fsp3) is 0.636. The van der Waals surface area contributed by atoms with Gasteiger partial charge in [0, 0.05) is 24.0 Å². The van der Waals surface area contributed by atoms with E-state index >= 15 is 0 Å². The van der Waals surface area contributed by atoms with Crippen molar-refractivity contribution in [3.63, 3.8) is 0 Å². The summed E-state index contributed by atoms with van der Waals surface area (Å²) in [5.41, 5.74) is 7.31. The first-order chi connectivity index (χ1) is 7.63. The van der Waals surface area contributed by atoms with Crippen molar-refractivity contribution in [2.24, 2.45) is 5.73 Å². The third-order valence-electron chi connectivity index (χ3n) is 2.04. The maximum Gasteiger partial charge on any atom is 0.316 e. The van der Waals surface area contributed by atoms with Gasteiger partial charge in [0.1, 0.15) is 6.61 Å². The second-order valence-corrected chi connectivity index (χ2v) is 3.74. The van der Waals surface area contributed by atoms with Crippen LogP contribution in [-0.4, -0.2) is 29.3 Å². The molecule has 16 heavy (non-hydrogen) atoms. The van der Waals surface area contributed by atoms with Crippen LogP contribution in [0.2, 0.25) is 0 Å². The Kier molecular flexibility index (Phi) is 5.14. The van der Waals surface area contributed by atoms with Crippen LogP contribution in [0.25, 0.3) is 0 Å². The van der Waals surface area contributed by atoms with E-state index in [-0.39, 0.29) is 6.10 Å². The maximum absolute atomic E-state index is 5.51. The fourth-order valence-corrected chi connectivity index (χ4v) is 1.16. The minimum atomic E-state index is 0.214. The minimum absolute atomic E-state index is 0.214. The topological polar surface area (TPSA) is 70.3 Å². The number of aromatic nitrogens is 2. The van der Waals surface area contributed by atoms with Gasteiger partial charge in [-0.1, -0.05) is 0 Å². The first kappa shape index (κ1) is 12.9. The first-order valence-electron chi connectivity index (χ1n) is 5.40. The largest absolute Gasteiger partial charge is 0.461 e. The molecule has 0 atom stereocenters. The molecule has 0 aliphatic heterocycles. The summed E-state index contributed by atoms with van der Waals surface area (Å²) in [5, 5.41) is 0. The Balaban J connectivity index is 2.40. The average molecular weight is 225 g/mol. The van der Waals surface area contributed by atoms with E-state index in [0.717, 1.165) is 11.3 Å². The van der Waals surface area contributed by atoms with Crippen LogP contribution in [0.1, 0.15) is 25.1 Å². The third kappa shape index (κ3) is 4.12. The van der Waals surface area contributed by atoms with Gasteiger partial charge in [-0.25, -0.2) is 9.97 Å². The quantitative estimate of drug-likeness (QED) is 0.733. The van der Waals surface area contributed by atoms with Gasteiger partial charge in [0.2, 0.25) is 0 Å². The van der Waals surface area contributed by atoms with Crippen molar-refractivity contribution in [3.05, 3.63) is 17.5 Å². The number of hydrogen-bond acceptors (Lipinski definition) is 5. The zero-order valence-electron chi connectivity index (χ0n) is 10.1. The molecule has 0 unspecified atom stereocenters. The van der Waals surface area contributed by atoms with Gasteiger partial charge in [-0.15, -0.1) is 0 Å². The highest BCUT2D eigenvalue weighted by Gasteiger charge is 2.02. The molecule has 1 aromatic heterocycles. The van der Waals surface area contributed by atoms with Crippen molar-refractivity contribution < 1.29 is 9.47 Å². The van der Waals surface area contributed by atoms with Gasteiger partial charge in [0.05, 0.1) is 12.7 Å². The van der Waals surface area contributed by atoms with Crippen molar-refractivity contribution >= 4 is 0 Å². The smallest absolute Gasteiger partial charge is 0.316 e. The number of ether oxygens (including phenoxy) is 2. The van der Waals surface area contributed by atoms with E-state index in [2.05, 4.69) is 9.97 Å². The van der Waals surface area contributed by atoms with Crippen LogP contribution >= 0.6 is 0 Å². The Morgan fingerprint density at radius 3 is 2.69 bits per heavy atom. The van der Waals surface area contributed by atoms with Crippen molar-refractivity contribution in [1.82, 2.24) is 9.97 Å². The molecule has 0 spiro atoms. The van der Waals surface area contributed by atoms with Gasteiger partial charge in [-0.05, 0) is 20.8 Å². The molecule has 0 radical (unpaired) electrons. The molecule has 0 fully saturated rings. The third-order valence-corrected chi connectivity index (χ3v) is 2.04. The summed E-state index contributed by atoms with van der Waals surface area (Å²) < 4.78 is 10.7. The van der Waals surface area contributed by atoms with Gasteiger partial charge < -0.3 is 15.2 Å². The van der Waals surface area contributed by atoms with E-state index in [1.807, 2.05) is 20.8 Å². The summed E-state index contributed by atoms with van der Waals surface area (Å²) in [4.78, 5) is 8.25. The van der Waals surface area contributed by atoms with E-state index in [9.17, 15) is 0 Å². The zero-order chi connectivity index (χ0) is 12.0. The standard InChI is InChI=1S/C11H19N3O2/c1-8(2)15-4-5-16-11-13-7-10(6-12)9(3)14-11/h7-8H,4-6,12H2,1-3H3. The molecule has 1 heterocycles. The van der Waals surface area contributed by atoms with Gasteiger partial charge in [0.25, 0.3) is 0 Å². The molecule has 1 aromatic rings. The Bertz CT molecular complexity index is 329. The number of hydrogen-bond donors (Lipinski definition) is 1. The molecule has 0 saturated carbocycles. The molecule has 0 aromatic carbocycles. The lowest BCUT2D eigenvalue weighted by Gasteiger charge is -2.09. The molecule has 0 amide bonds. The zero-order valence-corrected chi connectivity index (χ0v) is 10.1. The van der Waals surface area contributed by atoms with Crippen molar-refractivity contribution in [2.45, 2.75) is 33.4 Å². The van der Waals surface area contributed by atoms with E-state index in [1.165, 1.54) is 0 Å². The lowest BCUT2D eigenvalue weighted by atomic mass is 10.2. The van der Waals surface area contributed by atoms with Crippen LogP contribution in [-0.2, 0) is 11.3 Å². The predicted molar refractivity (Wildman–Crippen MR) is 61.2 cm³/mol. The summed E-state index contributed by atoms with van der Waals surface area (Å²) in [7, 11) is 0. The summed E-state index contributed by atoms with van der Waals surface area (Å²) in [6.45, 7) is 7.30. The van der Waals surface area contributed by atoms with Gasteiger partial charge in [0.15, 0.2) is 0 Å². The first-order valence-corrected chi connectivity index (χ1v) is 5.40. The molecule has 0 saturated heterocycles. The molecule has 1 rings (SSSR count). The van der Waals surface area contributed by atoms with E-state index in [4.69, 9.17) is 15.2 Å². The van der Waals surface area contributed by atoms with Gasteiger partial charge >= 0.3 is 6.01 Å². The fourth-order valence-electron chi connectivity index (χ4n) is 1.16. The molecular weight excluding hydrogens is 206 g/mol. The Hall–Kier alpha value is -1.20. The maximum atomic E-state index is 5.51. The highest BCUT2D eigenvalue weighted by Crippen LogP contribution is 2.07. The van der Waals surface area contributed by atoms with Crippen molar-refractivity contribution in [1.29, 1.82) is 0 Å². The predicted octanol–water partition coefficient (Wildman–Crippen LogP) is 1.05. The van der Waals surface area contributed by atoms with Crippen LogP contribution in [0.15, 0.2) is 6.20 Å². The summed E-state index contributed by atoms with van der Waals surface area (Å²) in [6, 6.07) is 0.377. The van der Waals surface area contributed by atoms with Gasteiger partial charge in [-0.3, -0.25) is 0 Å². The highest BCUT2D eigenvalue weighted by molar-refractivity contribution is 5.17. The second kappa shape index (κ2) is 6.40. The summed E-state index contributed by atoms with van der Waals surface area (Å²) in [6.07, 6.45) is 1.91. The molecule has 90 valence electrons. The van der Waals surface area contributed by atoms with Crippen LogP contribution in [0.3, 0.4) is 0 Å². The lowest BCUT2D eigenvalue weighted by molar-refractivity contribution is 0.0530. The summed E-state index contributed by atoms with van der Waals surface area (Å²) in [5.74, 6) is 0. The van der Waals surface area contributed by atoms with Gasteiger partial charge in [-0.2, -0.15) is 0 Å². The monoisotopic (exact) mass is 225 g/mol. The molecule has 0 bridgehead atoms. The van der Waals surface area contributed by atoms with Crippen LogP contribution in [0.4, 0.5) is 0 Å². The summed E-state index contributed by atoms with van der Waals surface area (Å²) >= 11 is 0. The molecule has 5 nitrogen and oxygen atoms in total. The highest BCUT2D eigenvalue weighted by atomic mass is 16.5. The minimum Gasteiger partial charge on any atom is -0.461 e. The Morgan fingerprint density at radius 2 is 2.12 bits per heavy atom. The van der Waals surface area contributed by atoms with Crippen LogP contribution in [0, 0.1) is 6.92 Å². The SMILES string of the molecule is Cc1nc(OCCOC(C)C)ncc1CN. The van der Waals surface area contributed by atoms with Crippen molar-refractivity contribution in [3.8, 4) is 6.01 Å². The lowest BCUT2D eigenvalue weighted by Crippen LogP contribution is -2.13. The Labute approximate surface area is 96.0 Å².